The van der Waals surface area contributed by atoms with E-state index >= 15 is 0 Å². The third-order valence-corrected chi connectivity index (χ3v) is 8.97. The quantitative estimate of drug-likeness (QED) is 0.284. The second-order valence-corrected chi connectivity index (χ2v) is 11.6. The summed E-state index contributed by atoms with van der Waals surface area (Å²) in [5.41, 5.74) is 3.00. The summed E-state index contributed by atoms with van der Waals surface area (Å²) in [5, 5.41) is 10.2. The number of ether oxygens (including phenoxy) is 2. The molecule has 2 atom stereocenters. The number of aromatic nitrogens is 4. The van der Waals surface area contributed by atoms with E-state index in [9.17, 15) is 18.0 Å². The predicted octanol–water partition coefficient (Wildman–Crippen LogP) is 4.25. The van der Waals surface area contributed by atoms with E-state index in [2.05, 4.69) is 49.6 Å². The fourth-order valence-electron chi connectivity index (χ4n) is 6.96. The van der Waals surface area contributed by atoms with Gasteiger partial charge in [-0.2, -0.15) is 17.9 Å². The van der Waals surface area contributed by atoms with Crippen molar-refractivity contribution in [1.82, 2.24) is 34.9 Å². The number of piperazine rings is 2. The van der Waals surface area contributed by atoms with Crippen LogP contribution >= 0.6 is 0 Å². The van der Waals surface area contributed by atoms with Gasteiger partial charge in [-0.15, -0.1) is 5.10 Å². The molecule has 0 N–H and O–H groups in total. The van der Waals surface area contributed by atoms with Crippen LogP contribution in [0.3, 0.4) is 0 Å². The number of rotatable bonds is 8. The smallest absolute Gasteiger partial charge is 0.453 e. The summed E-state index contributed by atoms with van der Waals surface area (Å²) >= 11 is 0. The van der Waals surface area contributed by atoms with Crippen LogP contribution in [0.15, 0.2) is 72.8 Å². The second kappa shape index (κ2) is 13.1. The predicted molar refractivity (Wildman–Crippen MR) is 164 cm³/mol. The SMILES string of the molecule is COc1ccc(-n2nnnc2C(F)(F)F)c(OC)c1CN1CC2CN(C(C)=O)CCN2C(C(c2ccccc2)c2ccccc2)C1. The van der Waals surface area contributed by atoms with E-state index < -0.39 is 12.0 Å². The van der Waals surface area contributed by atoms with E-state index in [4.69, 9.17) is 9.47 Å². The molecule has 1 amide bonds. The third kappa shape index (κ3) is 6.16. The molecule has 2 unspecified atom stereocenters. The summed E-state index contributed by atoms with van der Waals surface area (Å²) in [4.78, 5) is 19.2. The molecule has 0 radical (unpaired) electrons. The van der Waals surface area contributed by atoms with E-state index in [0.717, 1.165) is 6.54 Å². The van der Waals surface area contributed by atoms with Crippen molar-refractivity contribution < 1.29 is 27.4 Å². The minimum absolute atomic E-state index is 0.0299. The van der Waals surface area contributed by atoms with Gasteiger partial charge in [0.25, 0.3) is 5.82 Å². The molecule has 4 aromatic rings. The van der Waals surface area contributed by atoms with Crippen molar-refractivity contribution in [3.05, 3.63) is 95.3 Å². The number of halogens is 3. The Labute approximate surface area is 265 Å². The van der Waals surface area contributed by atoms with E-state index in [1.165, 1.54) is 31.4 Å². The Hall–Kier alpha value is -4.49. The lowest BCUT2D eigenvalue weighted by Crippen LogP contribution is -2.67. The van der Waals surface area contributed by atoms with Crippen molar-refractivity contribution in [3.8, 4) is 17.2 Å². The molecule has 2 aliphatic rings. The first-order chi connectivity index (χ1) is 22.2. The van der Waals surface area contributed by atoms with E-state index in [-0.39, 0.29) is 35.3 Å². The van der Waals surface area contributed by atoms with Gasteiger partial charge in [0.15, 0.2) is 5.75 Å². The summed E-state index contributed by atoms with van der Waals surface area (Å²) < 4.78 is 53.5. The molecule has 10 nitrogen and oxygen atoms in total. The summed E-state index contributed by atoms with van der Waals surface area (Å²) in [6, 6.07) is 23.9. The molecule has 46 heavy (non-hydrogen) atoms. The van der Waals surface area contributed by atoms with Gasteiger partial charge in [-0.1, -0.05) is 60.7 Å². The molecule has 0 aliphatic carbocycles. The van der Waals surface area contributed by atoms with Gasteiger partial charge in [-0.05, 0) is 33.7 Å². The largest absolute Gasteiger partial charge is 0.496 e. The van der Waals surface area contributed by atoms with Crippen molar-refractivity contribution in [2.75, 3.05) is 46.9 Å². The molecule has 2 fully saturated rings. The van der Waals surface area contributed by atoms with Gasteiger partial charge in [0.1, 0.15) is 11.4 Å². The minimum atomic E-state index is -4.77. The van der Waals surface area contributed by atoms with Crippen LogP contribution in [0.2, 0.25) is 0 Å². The van der Waals surface area contributed by atoms with E-state index in [1.54, 1.807) is 13.0 Å². The number of amides is 1. The monoisotopic (exact) mass is 635 g/mol. The first-order valence-electron chi connectivity index (χ1n) is 15.1. The van der Waals surface area contributed by atoms with Gasteiger partial charge in [0.2, 0.25) is 5.91 Å². The first kappa shape index (κ1) is 31.5. The molecule has 2 aliphatic heterocycles. The maximum absolute atomic E-state index is 13.8. The molecule has 6 rings (SSSR count). The van der Waals surface area contributed by atoms with Gasteiger partial charge in [0, 0.05) is 64.2 Å². The number of methoxy groups -OCH3 is 2. The lowest BCUT2D eigenvalue weighted by atomic mass is 9.81. The number of nitrogens with zero attached hydrogens (tertiary/aromatic N) is 7. The van der Waals surface area contributed by atoms with Crippen LogP contribution in [-0.2, 0) is 17.5 Å². The highest BCUT2D eigenvalue weighted by molar-refractivity contribution is 5.73. The summed E-state index contributed by atoms with van der Waals surface area (Å²) in [6.45, 7) is 5.16. The first-order valence-corrected chi connectivity index (χ1v) is 15.1. The summed E-state index contributed by atoms with van der Waals surface area (Å²) in [5.74, 6) is -0.530. The van der Waals surface area contributed by atoms with Gasteiger partial charge in [-0.25, -0.2) is 0 Å². The van der Waals surface area contributed by atoms with Crippen LogP contribution in [0.4, 0.5) is 13.2 Å². The highest BCUT2D eigenvalue weighted by Crippen LogP contribution is 2.40. The van der Waals surface area contributed by atoms with Crippen molar-refractivity contribution >= 4 is 5.91 Å². The molecular weight excluding hydrogens is 599 g/mol. The summed E-state index contributed by atoms with van der Waals surface area (Å²) in [6.07, 6.45) is -4.77. The Morgan fingerprint density at radius 3 is 2.17 bits per heavy atom. The fourth-order valence-corrected chi connectivity index (χ4v) is 6.96. The Bertz CT molecular complexity index is 1610. The van der Waals surface area contributed by atoms with Gasteiger partial charge < -0.3 is 14.4 Å². The Balaban J connectivity index is 1.42. The number of benzene rings is 3. The molecule has 3 aromatic carbocycles. The zero-order valence-corrected chi connectivity index (χ0v) is 25.9. The maximum atomic E-state index is 13.8. The summed E-state index contributed by atoms with van der Waals surface area (Å²) in [7, 11) is 2.93. The molecule has 3 heterocycles. The standard InChI is InChI=1S/C33H36F3N7O3/c1-22(44)41-16-17-42-25(19-41)18-40(21-28(42)30(23-10-6-4-7-11-23)24-12-8-5-9-13-24)20-26-29(45-2)15-14-27(31(26)46-3)43-32(33(34,35)36)37-38-39-43/h4-15,25,28,30H,16-21H2,1-3H3. The van der Waals surface area contributed by atoms with E-state index in [1.807, 2.05) is 41.3 Å². The van der Waals surface area contributed by atoms with Crippen LogP contribution in [0.25, 0.3) is 5.69 Å². The zero-order valence-electron chi connectivity index (χ0n) is 25.9. The Morgan fingerprint density at radius 1 is 0.913 bits per heavy atom. The average molecular weight is 636 g/mol. The van der Waals surface area contributed by atoms with Crippen molar-refractivity contribution in [1.29, 1.82) is 0 Å². The van der Waals surface area contributed by atoms with Crippen LogP contribution in [-0.4, -0.2) is 99.8 Å². The number of tetrazole rings is 1. The van der Waals surface area contributed by atoms with Crippen LogP contribution in [0, 0.1) is 0 Å². The highest BCUT2D eigenvalue weighted by atomic mass is 19.4. The molecular formula is C33H36F3N7O3. The lowest BCUT2D eigenvalue weighted by molar-refractivity contribution is -0.146. The second-order valence-electron chi connectivity index (χ2n) is 11.6. The zero-order chi connectivity index (χ0) is 32.4. The minimum Gasteiger partial charge on any atom is -0.496 e. The number of fused-ring (bicyclic) bond motifs is 1. The van der Waals surface area contributed by atoms with Crippen LogP contribution in [0.5, 0.6) is 11.5 Å². The Kier molecular flexibility index (Phi) is 8.96. The number of alkyl halides is 3. The lowest BCUT2D eigenvalue weighted by Gasteiger charge is -2.53. The number of carbonyl (C=O) groups excluding carboxylic acids is 1. The molecule has 1 aromatic heterocycles. The molecule has 2 saturated heterocycles. The van der Waals surface area contributed by atoms with Crippen molar-refractivity contribution in [2.24, 2.45) is 0 Å². The molecule has 242 valence electrons. The van der Waals surface area contributed by atoms with Crippen molar-refractivity contribution in [3.63, 3.8) is 0 Å². The van der Waals surface area contributed by atoms with Gasteiger partial charge in [0.05, 0.1) is 19.8 Å². The Morgan fingerprint density at radius 2 is 1.59 bits per heavy atom. The van der Waals surface area contributed by atoms with Crippen molar-refractivity contribution in [2.45, 2.75) is 37.6 Å². The van der Waals surface area contributed by atoms with Gasteiger partial charge >= 0.3 is 6.18 Å². The maximum Gasteiger partial charge on any atom is 0.453 e. The van der Waals surface area contributed by atoms with Crippen LogP contribution < -0.4 is 9.47 Å². The average Bonchev–Trinajstić information content (AvgIpc) is 3.56. The normalized spacial score (nSPS) is 19.2. The number of carbonyl (C=O) groups is 1. The molecule has 0 saturated carbocycles. The highest BCUT2D eigenvalue weighted by Gasteiger charge is 2.43. The fraction of sp³-hybridized carbons (Fsp3) is 0.394. The molecule has 13 heteroatoms. The van der Waals surface area contributed by atoms with E-state index in [0.29, 0.717) is 48.7 Å². The van der Waals surface area contributed by atoms with Gasteiger partial charge in [-0.3, -0.25) is 14.6 Å². The van der Waals surface area contributed by atoms with Crippen LogP contribution in [0.1, 0.15) is 35.4 Å². The third-order valence-electron chi connectivity index (χ3n) is 8.97. The number of hydrogen-bond donors (Lipinski definition) is 0. The molecule has 0 bridgehead atoms. The number of hydrogen-bond acceptors (Lipinski definition) is 8. The molecule has 0 spiro atoms. The topological polar surface area (TPSA) is 88.8 Å².